The molecule has 0 saturated carbocycles. The van der Waals surface area contributed by atoms with Crippen molar-refractivity contribution in [2.24, 2.45) is 5.92 Å². The van der Waals surface area contributed by atoms with Crippen LogP contribution in [0.1, 0.15) is 75.3 Å². The number of nitrogens with zero attached hydrogens (tertiary/aromatic N) is 1. The van der Waals surface area contributed by atoms with E-state index in [2.05, 4.69) is 104 Å². The van der Waals surface area contributed by atoms with Crippen LogP contribution < -0.4 is 0 Å². The first-order valence-corrected chi connectivity index (χ1v) is 15.8. The summed E-state index contributed by atoms with van der Waals surface area (Å²) in [7, 11) is 0. The largest absolute Gasteiger partial charge is 0.481 e. The number of amides is 1. The lowest BCUT2D eigenvalue weighted by molar-refractivity contribution is -0.143. The molecule has 1 saturated heterocycles. The minimum atomic E-state index is -0.768. The van der Waals surface area contributed by atoms with E-state index in [1.807, 2.05) is 11.8 Å². The van der Waals surface area contributed by atoms with E-state index in [-0.39, 0.29) is 23.8 Å². The van der Waals surface area contributed by atoms with E-state index in [0.29, 0.717) is 25.8 Å². The first-order valence-electron chi connectivity index (χ1n) is 15.8. The summed E-state index contributed by atoms with van der Waals surface area (Å²) >= 11 is 0. The lowest BCUT2D eigenvalue weighted by atomic mass is 9.77. The van der Waals surface area contributed by atoms with E-state index < -0.39 is 11.9 Å². The normalized spacial score (nSPS) is 16.5. The van der Waals surface area contributed by atoms with Gasteiger partial charge in [-0.25, -0.2) is 0 Å². The highest BCUT2D eigenvalue weighted by molar-refractivity contribution is 6.02. The van der Waals surface area contributed by atoms with Crippen LogP contribution >= 0.6 is 0 Å². The molecule has 5 aromatic carbocycles. The van der Waals surface area contributed by atoms with E-state index in [1.54, 1.807) is 0 Å². The van der Waals surface area contributed by atoms with Crippen molar-refractivity contribution < 1.29 is 14.7 Å². The fourth-order valence-corrected chi connectivity index (χ4v) is 7.56. The van der Waals surface area contributed by atoms with Gasteiger partial charge in [-0.3, -0.25) is 9.59 Å². The Labute approximate surface area is 254 Å². The van der Waals surface area contributed by atoms with Gasteiger partial charge in [0.25, 0.3) is 0 Å². The molecule has 5 aromatic rings. The molecule has 4 heteroatoms. The summed E-state index contributed by atoms with van der Waals surface area (Å²) in [4.78, 5) is 27.4. The Balaban J connectivity index is 1.50. The summed E-state index contributed by atoms with van der Waals surface area (Å²) in [5.74, 6) is -0.706. The van der Waals surface area contributed by atoms with Gasteiger partial charge < -0.3 is 10.0 Å². The van der Waals surface area contributed by atoms with Crippen LogP contribution in [0.2, 0.25) is 0 Å². The molecule has 4 atom stereocenters. The van der Waals surface area contributed by atoms with Gasteiger partial charge in [0, 0.05) is 19.0 Å². The fourth-order valence-electron chi connectivity index (χ4n) is 7.56. The standard InChI is InChI=1S/C39H41NO3/c1-3-27(39(42)43)24-32(40-21-11-20-37(40)41)25-31(22-26(2)33-19-10-15-28-12-4-7-16-34(28)33)38-35-17-8-5-13-29(35)23-30-14-6-9-18-36(30)38/h4-10,12-19,23,26-27,31-32H,3,11,20-22,24-25H2,1-2H3,(H,42,43). The molecule has 0 radical (unpaired) electrons. The number of carbonyl (C=O) groups is 2. The van der Waals surface area contributed by atoms with Crippen LogP contribution in [-0.4, -0.2) is 34.5 Å². The van der Waals surface area contributed by atoms with Crippen LogP contribution in [-0.2, 0) is 9.59 Å². The highest BCUT2D eigenvalue weighted by Crippen LogP contribution is 2.43. The fraction of sp³-hybridized carbons (Fsp3) is 0.333. The topological polar surface area (TPSA) is 57.6 Å². The van der Waals surface area contributed by atoms with Crippen molar-refractivity contribution in [3.05, 3.63) is 108 Å². The van der Waals surface area contributed by atoms with Gasteiger partial charge in [-0.05, 0) is 93.5 Å². The molecule has 0 spiro atoms. The smallest absolute Gasteiger partial charge is 0.306 e. The van der Waals surface area contributed by atoms with Gasteiger partial charge in [0.05, 0.1) is 5.92 Å². The lowest BCUT2D eigenvalue weighted by Gasteiger charge is -2.35. The third kappa shape index (κ3) is 5.88. The number of fused-ring (bicyclic) bond motifs is 3. The molecular weight excluding hydrogens is 530 g/mol. The van der Waals surface area contributed by atoms with Crippen molar-refractivity contribution in [1.82, 2.24) is 4.90 Å². The minimum absolute atomic E-state index is 0.120. The molecule has 0 aliphatic carbocycles. The van der Waals surface area contributed by atoms with Gasteiger partial charge in [0.2, 0.25) is 5.91 Å². The summed E-state index contributed by atoms with van der Waals surface area (Å²) in [5.41, 5.74) is 2.65. The molecule has 0 bridgehead atoms. The molecule has 1 heterocycles. The molecule has 43 heavy (non-hydrogen) atoms. The summed E-state index contributed by atoms with van der Waals surface area (Å²) in [6.07, 6.45) is 4.07. The summed E-state index contributed by atoms with van der Waals surface area (Å²) in [6.45, 7) is 4.98. The number of hydrogen-bond donors (Lipinski definition) is 1. The van der Waals surface area contributed by atoms with Crippen molar-refractivity contribution in [2.45, 2.75) is 70.3 Å². The molecule has 6 rings (SSSR count). The van der Waals surface area contributed by atoms with Gasteiger partial charge >= 0.3 is 5.97 Å². The molecule has 1 amide bonds. The number of aliphatic carboxylic acids is 1. The second-order valence-electron chi connectivity index (χ2n) is 12.4. The average molecular weight is 572 g/mol. The maximum Gasteiger partial charge on any atom is 0.306 e. The predicted molar refractivity (Wildman–Crippen MR) is 177 cm³/mol. The van der Waals surface area contributed by atoms with Crippen molar-refractivity contribution in [3.8, 4) is 0 Å². The Kier molecular flexibility index (Phi) is 8.47. The number of benzene rings is 5. The zero-order valence-corrected chi connectivity index (χ0v) is 25.2. The highest BCUT2D eigenvalue weighted by Gasteiger charge is 2.34. The van der Waals surface area contributed by atoms with Gasteiger partial charge in [-0.15, -0.1) is 0 Å². The monoisotopic (exact) mass is 571 g/mol. The second kappa shape index (κ2) is 12.6. The van der Waals surface area contributed by atoms with Crippen LogP contribution in [0.4, 0.5) is 0 Å². The molecule has 4 nitrogen and oxygen atoms in total. The quantitative estimate of drug-likeness (QED) is 0.161. The highest BCUT2D eigenvalue weighted by atomic mass is 16.4. The maximum atomic E-state index is 13.2. The molecule has 1 aliphatic heterocycles. The van der Waals surface area contributed by atoms with Crippen LogP contribution in [0.25, 0.3) is 32.3 Å². The van der Waals surface area contributed by atoms with E-state index in [0.717, 1.165) is 19.3 Å². The Morgan fingerprint density at radius 3 is 2.00 bits per heavy atom. The Hall–Kier alpha value is -4.18. The van der Waals surface area contributed by atoms with E-state index in [9.17, 15) is 14.7 Å². The molecule has 1 aliphatic rings. The van der Waals surface area contributed by atoms with Crippen molar-refractivity contribution >= 4 is 44.2 Å². The van der Waals surface area contributed by atoms with Gasteiger partial charge in [-0.1, -0.05) is 105 Å². The first-order chi connectivity index (χ1) is 20.9. The van der Waals surface area contributed by atoms with Gasteiger partial charge in [0.15, 0.2) is 0 Å². The number of likely N-dealkylation sites (tertiary alicyclic amines) is 1. The van der Waals surface area contributed by atoms with E-state index in [1.165, 1.54) is 43.4 Å². The number of carboxylic acid groups (broad SMARTS) is 1. The molecule has 1 fully saturated rings. The van der Waals surface area contributed by atoms with E-state index >= 15 is 0 Å². The van der Waals surface area contributed by atoms with Crippen molar-refractivity contribution in [1.29, 1.82) is 0 Å². The SMILES string of the molecule is CCC(CC(CC(CC(C)c1cccc2ccccc12)c1c2ccccc2cc2ccccc12)N1CCCC1=O)C(=O)O. The third-order valence-electron chi connectivity index (χ3n) is 9.72. The molecule has 0 aromatic heterocycles. The van der Waals surface area contributed by atoms with Crippen LogP contribution in [0.15, 0.2) is 97.1 Å². The predicted octanol–water partition coefficient (Wildman–Crippen LogP) is 9.31. The Morgan fingerprint density at radius 2 is 1.40 bits per heavy atom. The summed E-state index contributed by atoms with van der Waals surface area (Å²) < 4.78 is 0. The lowest BCUT2D eigenvalue weighted by Crippen LogP contribution is -2.40. The summed E-state index contributed by atoms with van der Waals surface area (Å²) in [6, 6.07) is 34.6. The summed E-state index contributed by atoms with van der Waals surface area (Å²) in [5, 5.41) is 17.5. The van der Waals surface area contributed by atoms with Crippen LogP contribution in [0.3, 0.4) is 0 Å². The minimum Gasteiger partial charge on any atom is -0.481 e. The van der Waals surface area contributed by atoms with Crippen molar-refractivity contribution in [3.63, 3.8) is 0 Å². The Morgan fingerprint density at radius 1 is 0.791 bits per heavy atom. The number of rotatable bonds is 11. The van der Waals surface area contributed by atoms with Crippen molar-refractivity contribution in [2.75, 3.05) is 6.54 Å². The zero-order valence-electron chi connectivity index (χ0n) is 25.2. The molecule has 1 N–H and O–H groups in total. The van der Waals surface area contributed by atoms with Crippen LogP contribution in [0, 0.1) is 5.92 Å². The number of carboxylic acids is 1. The first kappa shape index (κ1) is 28.9. The van der Waals surface area contributed by atoms with Gasteiger partial charge in [-0.2, -0.15) is 0 Å². The second-order valence-corrected chi connectivity index (χ2v) is 12.4. The molecule has 220 valence electrons. The third-order valence-corrected chi connectivity index (χ3v) is 9.72. The van der Waals surface area contributed by atoms with Crippen LogP contribution in [0.5, 0.6) is 0 Å². The maximum absolute atomic E-state index is 13.2. The molecule has 4 unspecified atom stereocenters. The number of hydrogen-bond acceptors (Lipinski definition) is 2. The van der Waals surface area contributed by atoms with E-state index in [4.69, 9.17) is 0 Å². The average Bonchev–Trinajstić information content (AvgIpc) is 3.46. The molecular formula is C39H41NO3. The van der Waals surface area contributed by atoms with Gasteiger partial charge in [0.1, 0.15) is 0 Å². The Bertz CT molecular complexity index is 1720. The zero-order chi connectivity index (χ0) is 29.9. The number of carbonyl (C=O) groups excluding carboxylic acids is 1.